The molecule has 1 aromatic carbocycles. The Morgan fingerprint density at radius 1 is 1.28 bits per heavy atom. The van der Waals surface area contributed by atoms with Crippen molar-refractivity contribution in [1.82, 2.24) is 0 Å². The normalized spacial score (nSPS) is 13.0. The van der Waals surface area contributed by atoms with E-state index in [2.05, 4.69) is 13.8 Å². The van der Waals surface area contributed by atoms with E-state index in [-0.39, 0.29) is 12.2 Å². The van der Waals surface area contributed by atoms with Crippen LogP contribution < -0.4 is 5.73 Å². The van der Waals surface area contributed by atoms with E-state index in [1.54, 1.807) is 0 Å². The zero-order valence-corrected chi connectivity index (χ0v) is 11.0. The molecule has 0 radical (unpaired) electrons. The Hall–Kier alpha value is -1.00. The Morgan fingerprint density at radius 3 is 2.67 bits per heavy atom. The van der Waals surface area contributed by atoms with Crippen LogP contribution in [0.1, 0.15) is 38.3 Å². The quantitative estimate of drug-likeness (QED) is 0.760. The number of halogens is 2. The Balaban J connectivity index is 2.36. The van der Waals surface area contributed by atoms with Gasteiger partial charge in [0.15, 0.2) is 11.6 Å². The van der Waals surface area contributed by atoms with Crippen molar-refractivity contribution in [1.29, 1.82) is 0 Å². The SMILES string of the molecule is CC(C)CCCOCC(N)c1cccc(F)c1F. The average molecular weight is 257 g/mol. The van der Waals surface area contributed by atoms with Crippen molar-refractivity contribution in [3.05, 3.63) is 35.4 Å². The van der Waals surface area contributed by atoms with Crippen molar-refractivity contribution < 1.29 is 13.5 Å². The lowest BCUT2D eigenvalue weighted by Crippen LogP contribution is -2.19. The van der Waals surface area contributed by atoms with Gasteiger partial charge in [-0.05, 0) is 24.8 Å². The van der Waals surface area contributed by atoms with Gasteiger partial charge >= 0.3 is 0 Å². The summed E-state index contributed by atoms with van der Waals surface area (Å²) < 4.78 is 31.8. The third-order valence-corrected chi connectivity index (χ3v) is 2.75. The smallest absolute Gasteiger partial charge is 0.163 e. The van der Waals surface area contributed by atoms with Crippen LogP contribution in [0.4, 0.5) is 8.78 Å². The molecular weight excluding hydrogens is 236 g/mol. The van der Waals surface area contributed by atoms with E-state index in [4.69, 9.17) is 10.5 Å². The molecule has 0 spiro atoms. The molecule has 1 unspecified atom stereocenters. The van der Waals surface area contributed by atoms with Gasteiger partial charge in [-0.2, -0.15) is 0 Å². The highest BCUT2D eigenvalue weighted by molar-refractivity contribution is 5.22. The van der Waals surface area contributed by atoms with Crippen molar-refractivity contribution >= 4 is 0 Å². The highest BCUT2D eigenvalue weighted by Crippen LogP contribution is 2.17. The van der Waals surface area contributed by atoms with Crippen molar-refractivity contribution in [3.8, 4) is 0 Å². The van der Waals surface area contributed by atoms with Gasteiger partial charge in [-0.15, -0.1) is 0 Å². The molecule has 0 aliphatic rings. The summed E-state index contributed by atoms with van der Waals surface area (Å²) in [6.45, 7) is 5.10. The van der Waals surface area contributed by atoms with Gasteiger partial charge < -0.3 is 10.5 Å². The first kappa shape index (κ1) is 15.1. The number of rotatable bonds is 7. The maximum absolute atomic E-state index is 13.4. The van der Waals surface area contributed by atoms with Crippen LogP contribution in [-0.4, -0.2) is 13.2 Å². The molecule has 18 heavy (non-hydrogen) atoms. The molecule has 1 rings (SSSR count). The molecule has 0 saturated carbocycles. The summed E-state index contributed by atoms with van der Waals surface area (Å²) in [5.41, 5.74) is 5.94. The second-order valence-electron chi connectivity index (χ2n) is 4.86. The third-order valence-electron chi connectivity index (χ3n) is 2.75. The maximum atomic E-state index is 13.4. The molecule has 102 valence electrons. The molecule has 1 aromatic rings. The molecule has 2 N–H and O–H groups in total. The van der Waals surface area contributed by atoms with Crippen LogP contribution in [-0.2, 0) is 4.74 Å². The highest BCUT2D eigenvalue weighted by Gasteiger charge is 2.14. The first-order chi connectivity index (χ1) is 8.52. The van der Waals surface area contributed by atoms with E-state index in [1.165, 1.54) is 12.1 Å². The topological polar surface area (TPSA) is 35.2 Å². The molecule has 0 aliphatic heterocycles. The van der Waals surface area contributed by atoms with Crippen LogP contribution in [0.5, 0.6) is 0 Å². The molecule has 0 aliphatic carbocycles. The summed E-state index contributed by atoms with van der Waals surface area (Å²) in [5, 5.41) is 0. The number of nitrogens with two attached hydrogens (primary N) is 1. The lowest BCUT2D eigenvalue weighted by Gasteiger charge is -2.14. The van der Waals surface area contributed by atoms with Crippen molar-refractivity contribution in [2.45, 2.75) is 32.7 Å². The van der Waals surface area contributed by atoms with Crippen molar-refractivity contribution in [2.75, 3.05) is 13.2 Å². The van der Waals surface area contributed by atoms with Gasteiger partial charge in [0.2, 0.25) is 0 Å². The van der Waals surface area contributed by atoms with Crippen molar-refractivity contribution in [3.63, 3.8) is 0 Å². The molecule has 0 saturated heterocycles. The van der Waals surface area contributed by atoms with Crippen LogP contribution in [0, 0.1) is 17.6 Å². The Kier molecular flexibility index (Phi) is 6.22. The fourth-order valence-electron chi connectivity index (χ4n) is 1.70. The van der Waals surface area contributed by atoms with Gasteiger partial charge in [-0.3, -0.25) is 0 Å². The number of hydrogen-bond donors (Lipinski definition) is 1. The molecule has 0 aromatic heterocycles. The minimum atomic E-state index is -0.879. The van der Waals surface area contributed by atoms with Crippen LogP contribution in [0.15, 0.2) is 18.2 Å². The predicted octanol–water partition coefficient (Wildman–Crippen LogP) is 3.42. The maximum Gasteiger partial charge on any atom is 0.163 e. The Bertz CT molecular complexity index is 369. The standard InChI is InChI=1S/C14H21F2NO/c1-10(2)5-4-8-18-9-13(17)11-6-3-7-12(15)14(11)16/h3,6-7,10,13H,4-5,8-9,17H2,1-2H3. The lowest BCUT2D eigenvalue weighted by atomic mass is 10.1. The molecule has 2 nitrogen and oxygen atoms in total. The average Bonchev–Trinajstić information content (AvgIpc) is 2.31. The predicted molar refractivity (Wildman–Crippen MR) is 68.2 cm³/mol. The summed E-state index contributed by atoms with van der Waals surface area (Å²) in [7, 11) is 0. The van der Waals surface area contributed by atoms with Crippen molar-refractivity contribution in [2.24, 2.45) is 11.7 Å². The number of hydrogen-bond acceptors (Lipinski definition) is 2. The number of ether oxygens (including phenoxy) is 1. The molecular formula is C14H21F2NO. The molecule has 0 fully saturated rings. The highest BCUT2D eigenvalue weighted by atomic mass is 19.2. The molecule has 0 heterocycles. The Labute approximate surface area is 107 Å². The van der Waals surface area contributed by atoms with E-state index < -0.39 is 17.7 Å². The van der Waals surface area contributed by atoms with Crippen LogP contribution in [0.25, 0.3) is 0 Å². The fraction of sp³-hybridized carbons (Fsp3) is 0.571. The monoisotopic (exact) mass is 257 g/mol. The Morgan fingerprint density at radius 2 is 2.00 bits per heavy atom. The zero-order chi connectivity index (χ0) is 13.5. The zero-order valence-electron chi connectivity index (χ0n) is 11.0. The van der Waals surface area contributed by atoms with E-state index in [0.29, 0.717) is 12.5 Å². The van der Waals surface area contributed by atoms with Crippen LogP contribution in [0.3, 0.4) is 0 Å². The van der Waals surface area contributed by atoms with Gasteiger partial charge in [0.1, 0.15) is 0 Å². The molecule has 0 bridgehead atoms. The summed E-state index contributed by atoms with van der Waals surface area (Å²) in [6, 6.07) is 3.39. The third kappa shape index (κ3) is 4.70. The summed E-state index contributed by atoms with van der Waals surface area (Å²) >= 11 is 0. The summed E-state index contributed by atoms with van der Waals surface area (Å²) in [6.07, 6.45) is 2.04. The summed E-state index contributed by atoms with van der Waals surface area (Å²) in [4.78, 5) is 0. The molecule has 1 atom stereocenters. The lowest BCUT2D eigenvalue weighted by molar-refractivity contribution is 0.114. The van der Waals surface area contributed by atoms with Gasteiger partial charge in [0.25, 0.3) is 0 Å². The summed E-state index contributed by atoms with van der Waals surface area (Å²) in [5.74, 6) is -1.11. The van der Waals surface area contributed by atoms with Gasteiger partial charge in [0.05, 0.1) is 12.6 Å². The fourth-order valence-corrected chi connectivity index (χ4v) is 1.70. The largest absolute Gasteiger partial charge is 0.379 e. The van der Waals surface area contributed by atoms with Gasteiger partial charge in [-0.25, -0.2) is 8.78 Å². The second-order valence-corrected chi connectivity index (χ2v) is 4.86. The van der Waals surface area contributed by atoms with E-state index in [9.17, 15) is 8.78 Å². The minimum absolute atomic E-state index is 0.166. The first-order valence-corrected chi connectivity index (χ1v) is 6.29. The van der Waals surface area contributed by atoms with Gasteiger partial charge in [-0.1, -0.05) is 26.0 Å². The van der Waals surface area contributed by atoms with Gasteiger partial charge in [0, 0.05) is 12.2 Å². The van der Waals surface area contributed by atoms with Crippen LogP contribution >= 0.6 is 0 Å². The second kappa shape index (κ2) is 7.44. The van der Waals surface area contributed by atoms with E-state index in [0.717, 1.165) is 18.9 Å². The minimum Gasteiger partial charge on any atom is -0.379 e. The van der Waals surface area contributed by atoms with E-state index >= 15 is 0 Å². The van der Waals surface area contributed by atoms with E-state index in [1.807, 2.05) is 0 Å². The van der Waals surface area contributed by atoms with Crippen LogP contribution in [0.2, 0.25) is 0 Å². The molecule has 4 heteroatoms. The number of benzene rings is 1. The first-order valence-electron chi connectivity index (χ1n) is 6.29. The molecule has 0 amide bonds.